The monoisotopic (exact) mass is 416 g/mol. The summed E-state index contributed by atoms with van der Waals surface area (Å²) in [7, 11) is -1.23. The van der Waals surface area contributed by atoms with E-state index in [9.17, 15) is 0 Å². The minimum atomic E-state index is -1.23. The Kier molecular flexibility index (Phi) is 4.83. The van der Waals surface area contributed by atoms with Gasteiger partial charge in [-0.2, -0.15) is 0 Å². The van der Waals surface area contributed by atoms with E-state index >= 15 is 0 Å². The van der Waals surface area contributed by atoms with Crippen molar-refractivity contribution in [1.29, 1.82) is 0 Å². The number of aryl methyl sites for hydroxylation is 1. The lowest BCUT2D eigenvalue weighted by Gasteiger charge is -2.68. The number of rotatable bonds is 4. The Balaban J connectivity index is 1.89. The summed E-state index contributed by atoms with van der Waals surface area (Å²) in [6.07, 6.45) is 3.90. The predicted octanol–water partition coefficient (Wildman–Crippen LogP) is 8.58. The van der Waals surface area contributed by atoms with Gasteiger partial charge in [0, 0.05) is 19.4 Å². The Morgan fingerprint density at radius 2 is 1.53 bits per heavy atom. The van der Waals surface area contributed by atoms with Crippen molar-refractivity contribution in [3.8, 4) is 0 Å². The zero-order valence-corrected chi connectivity index (χ0v) is 21.6. The molecule has 2 aromatic rings. The highest BCUT2D eigenvalue weighted by molar-refractivity contribution is 6.76. The molecule has 0 amide bonds. The lowest BCUT2D eigenvalue weighted by Crippen LogP contribution is -2.64. The summed E-state index contributed by atoms with van der Waals surface area (Å²) in [6, 6.07) is 17.4. The predicted molar refractivity (Wildman–Crippen MR) is 135 cm³/mol. The molecule has 1 spiro atoms. The number of allylic oxidation sites excluding steroid dienone is 1. The number of benzene rings is 2. The molecule has 1 fully saturated rings. The molecule has 2 aliphatic rings. The van der Waals surface area contributed by atoms with E-state index in [-0.39, 0.29) is 5.41 Å². The van der Waals surface area contributed by atoms with Crippen molar-refractivity contribution >= 4 is 14.1 Å². The fraction of sp³-hybridized carbons (Fsp3) is 0.517. The third kappa shape index (κ3) is 3.00. The minimum absolute atomic E-state index is 0.189. The molecule has 1 heteroatoms. The van der Waals surface area contributed by atoms with Crippen molar-refractivity contribution in [2.45, 2.75) is 85.0 Å². The van der Waals surface area contributed by atoms with Crippen LogP contribution in [0.1, 0.15) is 74.8 Å². The summed E-state index contributed by atoms with van der Waals surface area (Å²) >= 11 is 0. The molecule has 30 heavy (non-hydrogen) atoms. The SMILES string of the molecule is Cc1cc2c(cc1C(C)c1ccccc1)C=C(C[Si](C)(C)C)C21C(C)(C)CC1(C)C. The lowest BCUT2D eigenvalue weighted by atomic mass is 9.35. The Morgan fingerprint density at radius 1 is 0.933 bits per heavy atom. The Bertz CT molecular complexity index is 985. The summed E-state index contributed by atoms with van der Waals surface area (Å²) in [5.41, 5.74) is 9.98. The van der Waals surface area contributed by atoms with E-state index in [0.717, 1.165) is 0 Å². The fourth-order valence-electron chi connectivity index (χ4n) is 7.58. The van der Waals surface area contributed by atoms with Crippen molar-refractivity contribution < 1.29 is 0 Å². The highest BCUT2D eigenvalue weighted by Gasteiger charge is 2.69. The average Bonchev–Trinajstić information content (AvgIpc) is 2.94. The van der Waals surface area contributed by atoms with Crippen molar-refractivity contribution in [2.75, 3.05) is 0 Å². The quantitative estimate of drug-likeness (QED) is 0.438. The molecule has 1 saturated carbocycles. The number of hydrogen-bond acceptors (Lipinski definition) is 0. The van der Waals surface area contributed by atoms with Gasteiger partial charge in [0.1, 0.15) is 0 Å². The highest BCUT2D eigenvalue weighted by atomic mass is 28.3. The zero-order chi connectivity index (χ0) is 22.1. The van der Waals surface area contributed by atoms with Gasteiger partial charge < -0.3 is 0 Å². The largest absolute Gasteiger partial charge is 0.0693 e. The van der Waals surface area contributed by atoms with Crippen LogP contribution in [0.15, 0.2) is 48.0 Å². The minimum Gasteiger partial charge on any atom is -0.0693 e. The second-order valence-electron chi connectivity index (χ2n) is 12.5. The molecule has 0 heterocycles. The van der Waals surface area contributed by atoms with Crippen LogP contribution in [0, 0.1) is 17.8 Å². The van der Waals surface area contributed by atoms with Crippen LogP contribution < -0.4 is 0 Å². The maximum Gasteiger partial charge on any atom is 0.0483 e. The van der Waals surface area contributed by atoms with E-state index in [1.807, 2.05) is 0 Å². The van der Waals surface area contributed by atoms with Crippen LogP contribution in [0.3, 0.4) is 0 Å². The fourth-order valence-corrected chi connectivity index (χ4v) is 9.09. The molecular weight excluding hydrogens is 376 g/mol. The van der Waals surface area contributed by atoms with Crippen LogP contribution in [0.2, 0.25) is 25.7 Å². The molecule has 2 aromatic carbocycles. The van der Waals surface area contributed by atoms with Gasteiger partial charge in [-0.1, -0.05) is 108 Å². The summed E-state index contributed by atoms with van der Waals surface area (Å²) in [6.45, 7) is 22.3. The molecule has 0 nitrogen and oxygen atoms in total. The maximum absolute atomic E-state index is 2.61. The normalized spacial score (nSPS) is 21.7. The maximum atomic E-state index is 2.61. The molecule has 0 N–H and O–H groups in total. The molecule has 0 saturated heterocycles. The van der Waals surface area contributed by atoms with Gasteiger partial charge in [-0.3, -0.25) is 0 Å². The van der Waals surface area contributed by atoms with Crippen LogP contribution in [0.4, 0.5) is 0 Å². The van der Waals surface area contributed by atoms with Crippen LogP contribution >= 0.6 is 0 Å². The summed E-state index contributed by atoms with van der Waals surface area (Å²) in [4.78, 5) is 0. The van der Waals surface area contributed by atoms with Crippen molar-refractivity contribution in [3.05, 3.63) is 75.9 Å². The number of fused-ring (bicyclic) bond motifs is 2. The summed E-state index contributed by atoms with van der Waals surface area (Å²) in [5.74, 6) is 0.421. The first-order valence-corrected chi connectivity index (χ1v) is 15.4. The Hall–Kier alpha value is -1.60. The van der Waals surface area contributed by atoms with Gasteiger partial charge in [0.05, 0.1) is 0 Å². The van der Waals surface area contributed by atoms with Crippen LogP contribution in [-0.4, -0.2) is 8.07 Å². The van der Waals surface area contributed by atoms with Gasteiger partial charge in [0.2, 0.25) is 0 Å². The first-order valence-electron chi connectivity index (χ1n) is 11.7. The molecule has 2 aliphatic carbocycles. The van der Waals surface area contributed by atoms with Gasteiger partial charge in [0.15, 0.2) is 0 Å². The van der Waals surface area contributed by atoms with E-state index < -0.39 is 8.07 Å². The van der Waals surface area contributed by atoms with Gasteiger partial charge in [0.25, 0.3) is 0 Å². The second kappa shape index (κ2) is 6.70. The van der Waals surface area contributed by atoms with Gasteiger partial charge >= 0.3 is 0 Å². The van der Waals surface area contributed by atoms with Crippen LogP contribution in [0.5, 0.6) is 0 Å². The first kappa shape index (κ1) is 21.6. The molecule has 0 aliphatic heterocycles. The molecular formula is C29H40Si. The second-order valence-corrected chi connectivity index (χ2v) is 18.0. The first-order chi connectivity index (χ1) is 13.8. The molecule has 160 valence electrons. The molecule has 1 unspecified atom stereocenters. The van der Waals surface area contributed by atoms with Gasteiger partial charge in [-0.15, -0.1) is 0 Å². The molecule has 1 atom stereocenters. The standard InChI is InChI=1S/C29H40Si/c1-20-15-26-23(17-25(20)21(2)22-13-11-10-12-14-22)16-24(18-30(7,8)9)29(26)27(3,4)19-28(29,5)6/h10-17,21H,18-19H2,1-9H3. The zero-order valence-electron chi connectivity index (χ0n) is 20.6. The van der Waals surface area contributed by atoms with E-state index in [1.165, 1.54) is 34.7 Å². The summed E-state index contributed by atoms with van der Waals surface area (Å²) in [5, 5.41) is 0. The molecule has 0 radical (unpaired) electrons. The van der Waals surface area contributed by atoms with Crippen molar-refractivity contribution in [1.82, 2.24) is 0 Å². The third-order valence-corrected chi connectivity index (χ3v) is 9.50. The molecule has 4 rings (SSSR count). The van der Waals surface area contributed by atoms with Crippen LogP contribution in [0.25, 0.3) is 6.08 Å². The van der Waals surface area contributed by atoms with E-state index in [1.54, 1.807) is 11.1 Å². The van der Waals surface area contributed by atoms with Crippen LogP contribution in [-0.2, 0) is 5.41 Å². The summed E-state index contributed by atoms with van der Waals surface area (Å²) < 4.78 is 0. The topological polar surface area (TPSA) is 0 Å². The van der Waals surface area contributed by atoms with E-state index in [4.69, 9.17) is 0 Å². The molecule has 0 bridgehead atoms. The Morgan fingerprint density at radius 3 is 2.07 bits per heavy atom. The highest BCUT2D eigenvalue weighted by Crippen LogP contribution is 2.74. The van der Waals surface area contributed by atoms with E-state index in [2.05, 4.69) is 110 Å². The lowest BCUT2D eigenvalue weighted by molar-refractivity contribution is -0.0889. The molecule has 0 aromatic heterocycles. The number of hydrogen-bond donors (Lipinski definition) is 0. The smallest absolute Gasteiger partial charge is 0.0483 e. The van der Waals surface area contributed by atoms with E-state index in [0.29, 0.717) is 16.7 Å². The third-order valence-electron chi connectivity index (χ3n) is 8.05. The average molecular weight is 417 g/mol. The van der Waals surface area contributed by atoms with Crippen molar-refractivity contribution in [3.63, 3.8) is 0 Å². The van der Waals surface area contributed by atoms with Crippen molar-refractivity contribution in [2.24, 2.45) is 10.8 Å². The van der Waals surface area contributed by atoms with Gasteiger partial charge in [-0.05, 0) is 58.0 Å². The van der Waals surface area contributed by atoms with Gasteiger partial charge in [-0.25, -0.2) is 0 Å². The Labute approximate surface area is 185 Å².